The highest BCUT2D eigenvalue weighted by atomic mass is 32.2. The van der Waals surface area contributed by atoms with Crippen LogP contribution in [0.2, 0.25) is 0 Å². The SMILES string of the molecule is CCOC=Cc1cnc(SC)nc1C(N)=O. The zero-order valence-corrected chi connectivity index (χ0v) is 9.95. The number of aromatic nitrogens is 2. The van der Waals surface area contributed by atoms with Crippen LogP contribution in [0.5, 0.6) is 0 Å². The maximum absolute atomic E-state index is 11.2. The molecule has 0 aliphatic carbocycles. The Balaban J connectivity index is 3.03. The lowest BCUT2D eigenvalue weighted by molar-refractivity contribution is 0.0994. The van der Waals surface area contributed by atoms with E-state index in [-0.39, 0.29) is 5.69 Å². The number of amides is 1. The Morgan fingerprint density at radius 3 is 3.00 bits per heavy atom. The van der Waals surface area contributed by atoms with Crippen molar-refractivity contribution in [2.45, 2.75) is 12.1 Å². The first-order valence-electron chi connectivity index (χ1n) is 4.68. The maximum Gasteiger partial charge on any atom is 0.268 e. The molecule has 16 heavy (non-hydrogen) atoms. The molecule has 1 amide bonds. The van der Waals surface area contributed by atoms with Crippen LogP contribution in [0.1, 0.15) is 23.0 Å². The fraction of sp³-hybridized carbons (Fsp3) is 0.300. The lowest BCUT2D eigenvalue weighted by Crippen LogP contribution is -2.15. The predicted molar refractivity (Wildman–Crippen MR) is 63.0 cm³/mol. The molecule has 0 aliphatic heterocycles. The average Bonchev–Trinajstić information content (AvgIpc) is 2.29. The van der Waals surface area contributed by atoms with Gasteiger partial charge in [0.05, 0.1) is 12.9 Å². The molecule has 0 saturated heterocycles. The Morgan fingerprint density at radius 2 is 2.44 bits per heavy atom. The highest BCUT2D eigenvalue weighted by Gasteiger charge is 2.09. The van der Waals surface area contributed by atoms with E-state index in [1.165, 1.54) is 18.0 Å². The third-order valence-corrected chi connectivity index (χ3v) is 2.28. The van der Waals surface area contributed by atoms with Crippen LogP contribution in [0.25, 0.3) is 6.08 Å². The van der Waals surface area contributed by atoms with Crippen LogP contribution in [0, 0.1) is 0 Å². The summed E-state index contributed by atoms with van der Waals surface area (Å²) < 4.78 is 5.04. The Hall–Kier alpha value is -1.56. The number of rotatable bonds is 5. The molecule has 0 fully saturated rings. The second kappa shape index (κ2) is 6.12. The monoisotopic (exact) mass is 239 g/mol. The van der Waals surface area contributed by atoms with E-state index in [9.17, 15) is 4.79 Å². The molecule has 0 spiro atoms. The van der Waals surface area contributed by atoms with E-state index in [0.29, 0.717) is 17.3 Å². The first kappa shape index (κ1) is 12.5. The molecule has 0 radical (unpaired) electrons. The van der Waals surface area contributed by atoms with Crippen LogP contribution in [0.15, 0.2) is 17.6 Å². The Bertz CT molecular complexity index is 407. The van der Waals surface area contributed by atoms with Gasteiger partial charge < -0.3 is 10.5 Å². The second-order valence-electron chi connectivity index (χ2n) is 2.78. The van der Waals surface area contributed by atoms with Gasteiger partial charge in [-0.25, -0.2) is 9.97 Å². The molecular formula is C10H13N3O2S. The Labute approximate surface area is 98.1 Å². The van der Waals surface area contributed by atoms with Crippen molar-refractivity contribution in [3.8, 4) is 0 Å². The minimum atomic E-state index is -0.575. The number of carbonyl (C=O) groups excluding carboxylic acids is 1. The molecule has 0 aliphatic rings. The number of hydrogen-bond acceptors (Lipinski definition) is 5. The number of hydrogen-bond donors (Lipinski definition) is 1. The minimum absolute atomic E-state index is 0.204. The molecule has 0 bridgehead atoms. The van der Waals surface area contributed by atoms with E-state index in [0.717, 1.165) is 0 Å². The van der Waals surface area contributed by atoms with Gasteiger partial charge in [-0.15, -0.1) is 0 Å². The van der Waals surface area contributed by atoms with Gasteiger partial charge in [0.15, 0.2) is 5.16 Å². The predicted octanol–water partition coefficient (Wildman–Crippen LogP) is 1.30. The topological polar surface area (TPSA) is 78.1 Å². The summed E-state index contributed by atoms with van der Waals surface area (Å²) in [6.07, 6.45) is 6.49. The van der Waals surface area contributed by atoms with Gasteiger partial charge in [0, 0.05) is 11.8 Å². The van der Waals surface area contributed by atoms with Gasteiger partial charge in [0.25, 0.3) is 5.91 Å². The summed E-state index contributed by atoms with van der Waals surface area (Å²) in [6, 6.07) is 0. The fourth-order valence-corrected chi connectivity index (χ4v) is 1.35. The van der Waals surface area contributed by atoms with Gasteiger partial charge in [-0.3, -0.25) is 4.79 Å². The van der Waals surface area contributed by atoms with Crippen molar-refractivity contribution in [2.24, 2.45) is 5.73 Å². The van der Waals surface area contributed by atoms with Crippen LogP contribution in [-0.4, -0.2) is 28.7 Å². The zero-order chi connectivity index (χ0) is 12.0. The first-order chi connectivity index (χ1) is 7.69. The van der Waals surface area contributed by atoms with Gasteiger partial charge in [-0.2, -0.15) is 0 Å². The zero-order valence-electron chi connectivity index (χ0n) is 9.14. The lowest BCUT2D eigenvalue weighted by Gasteiger charge is -2.02. The number of nitrogens with zero attached hydrogens (tertiary/aromatic N) is 2. The van der Waals surface area contributed by atoms with Crippen molar-refractivity contribution in [2.75, 3.05) is 12.9 Å². The molecule has 86 valence electrons. The third-order valence-electron chi connectivity index (χ3n) is 1.72. The molecule has 0 unspecified atom stereocenters. The van der Waals surface area contributed by atoms with E-state index < -0.39 is 5.91 Å². The summed E-state index contributed by atoms with van der Waals surface area (Å²) in [4.78, 5) is 19.3. The average molecular weight is 239 g/mol. The van der Waals surface area contributed by atoms with E-state index in [4.69, 9.17) is 10.5 Å². The molecule has 1 aromatic rings. The van der Waals surface area contributed by atoms with Crippen LogP contribution >= 0.6 is 11.8 Å². The number of nitrogens with two attached hydrogens (primary N) is 1. The molecule has 1 heterocycles. The number of thioether (sulfide) groups is 1. The van der Waals surface area contributed by atoms with Crippen LogP contribution < -0.4 is 5.73 Å². The summed E-state index contributed by atoms with van der Waals surface area (Å²) in [6.45, 7) is 2.43. The maximum atomic E-state index is 11.2. The first-order valence-corrected chi connectivity index (χ1v) is 5.90. The molecule has 1 aromatic heterocycles. The summed E-state index contributed by atoms with van der Waals surface area (Å²) >= 11 is 1.35. The molecule has 5 nitrogen and oxygen atoms in total. The summed E-state index contributed by atoms with van der Waals surface area (Å²) in [7, 11) is 0. The fourth-order valence-electron chi connectivity index (χ4n) is 1.01. The number of ether oxygens (including phenoxy) is 1. The van der Waals surface area contributed by atoms with Crippen molar-refractivity contribution in [3.63, 3.8) is 0 Å². The molecule has 6 heteroatoms. The van der Waals surface area contributed by atoms with E-state index in [1.807, 2.05) is 13.2 Å². The molecule has 0 saturated carbocycles. The molecule has 0 aromatic carbocycles. The molecule has 2 N–H and O–H groups in total. The summed E-state index contributed by atoms with van der Waals surface area (Å²) in [5, 5.41) is 0.516. The van der Waals surface area contributed by atoms with Gasteiger partial charge >= 0.3 is 0 Å². The van der Waals surface area contributed by atoms with Gasteiger partial charge in [0.2, 0.25) is 0 Å². The Morgan fingerprint density at radius 1 is 1.69 bits per heavy atom. The van der Waals surface area contributed by atoms with Gasteiger partial charge in [0.1, 0.15) is 5.69 Å². The van der Waals surface area contributed by atoms with E-state index in [2.05, 4.69) is 9.97 Å². The standard InChI is InChI=1S/C10H13N3O2S/c1-3-15-5-4-7-6-12-10(16-2)13-8(7)9(11)14/h4-6H,3H2,1-2H3,(H2,11,14). The number of carbonyl (C=O) groups is 1. The smallest absolute Gasteiger partial charge is 0.268 e. The van der Waals surface area contributed by atoms with Crippen molar-refractivity contribution in [1.29, 1.82) is 0 Å². The van der Waals surface area contributed by atoms with Crippen molar-refractivity contribution in [3.05, 3.63) is 23.7 Å². The minimum Gasteiger partial charge on any atom is -0.501 e. The quantitative estimate of drug-likeness (QED) is 0.476. The summed E-state index contributed by atoms with van der Waals surface area (Å²) in [5.41, 5.74) is 5.99. The summed E-state index contributed by atoms with van der Waals surface area (Å²) in [5.74, 6) is -0.575. The molecule has 1 rings (SSSR count). The van der Waals surface area contributed by atoms with Crippen molar-refractivity contribution in [1.82, 2.24) is 9.97 Å². The molecule has 0 atom stereocenters. The van der Waals surface area contributed by atoms with Crippen LogP contribution in [0.3, 0.4) is 0 Å². The van der Waals surface area contributed by atoms with E-state index in [1.54, 1.807) is 12.3 Å². The lowest BCUT2D eigenvalue weighted by atomic mass is 10.2. The van der Waals surface area contributed by atoms with Crippen LogP contribution in [0.4, 0.5) is 0 Å². The normalized spacial score (nSPS) is 10.6. The second-order valence-corrected chi connectivity index (χ2v) is 3.56. The van der Waals surface area contributed by atoms with Crippen molar-refractivity contribution < 1.29 is 9.53 Å². The Kier molecular flexibility index (Phi) is 4.78. The highest BCUT2D eigenvalue weighted by Crippen LogP contribution is 2.13. The highest BCUT2D eigenvalue weighted by molar-refractivity contribution is 7.98. The van der Waals surface area contributed by atoms with Gasteiger partial charge in [-0.05, 0) is 19.3 Å². The molecular weight excluding hydrogens is 226 g/mol. The number of primary amides is 1. The van der Waals surface area contributed by atoms with Gasteiger partial charge in [-0.1, -0.05) is 11.8 Å². The van der Waals surface area contributed by atoms with Crippen LogP contribution in [-0.2, 0) is 4.74 Å². The third kappa shape index (κ3) is 3.23. The van der Waals surface area contributed by atoms with Crippen molar-refractivity contribution >= 4 is 23.7 Å². The van der Waals surface area contributed by atoms with E-state index >= 15 is 0 Å². The largest absolute Gasteiger partial charge is 0.501 e.